The molecule has 0 atom stereocenters. The summed E-state index contributed by atoms with van der Waals surface area (Å²) in [4.78, 5) is 20.9. The van der Waals surface area contributed by atoms with Gasteiger partial charge in [0, 0.05) is 0 Å². The number of hydrogen-bond acceptors (Lipinski definition) is 3. The molecule has 0 rings (SSSR count). The van der Waals surface area contributed by atoms with Crippen molar-refractivity contribution in [2.24, 2.45) is 0 Å². The maximum Gasteiger partial charge on any atom is 2.00 e. The molecule has 0 spiro atoms. The van der Waals surface area contributed by atoms with Crippen LogP contribution < -0.4 is 9.79 Å². The summed E-state index contributed by atoms with van der Waals surface area (Å²) in [7, 11) is -4.25. The Morgan fingerprint density at radius 3 is 1.09 bits per heavy atom. The third-order valence-corrected chi connectivity index (χ3v) is 5.15. The zero-order chi connectivity index (χ0) is 16.5. The second kappa shape index (κ2) is 19.0. The molecule has 0 N–H and O–H groups in total. The molecule has 0 amide bonds. The van der Waals surface area contributed by atoms with E-state index in [1.807, 2.05) is 0 Å². The normalized spacial score (nSPS) is 11.4. The van der Waals surface area contributed by atoms with E-state index < -0.39 is 7.60 Å². The van der Waals surface area contributed by atoms with E-state index in [0.29, 0.717) is 6.42 Å². The summed E-state index contributed by atoms with van der Waals surface area (Å²) in [6, 6.07) is 0. The van der Waals surface area contributed by atoms with Crippen LogP contribution in [-0.4, -0.2) is 6.16 Å². The predicted molar refractivity (Wildman–Crippen MR) is 92.0 cm³/mol. The second-order valence-electron chi connectivity index (χ2n) is 6.64. The predicted octanol–water partition coefficient (Wildman–Crippen LogP) is 5.16. The Morgan fingerprint density at radius 1 is 0.565 bits per heavy atom. The molecule has 0 aromatic heterocycles. The van der Waals surface area contributed by atoms with Crippen LogP contribution in [0.25, 0.3) is 0 Å². The minimum Gasteiger partial charge on any atom is -0.811 e. The van der Waals surface area contributed by atoms with Gasteiger partial charge in [0.1, 0.15) is 0 Å². The monoisotopic (exact) mass is 388 g/mol. The smallest absolute Gasteiger partial charge is 0.811 e. The number of hydrogen-bond donors (Lipinski definition) is 0. The van der Waals surface area contributed by atoms with Crippen molar-refractivity contribution in [1.29, 1.82) is 0 Å². The van der Waals surface area contributed by atoms with Crippen molar-refractivity contribution < 1.29 is 31.4 Å². The Kier molecular flexibility index (Phi) is 21.4. The Labute approximate surface area is 155 Å². The molecule has 0 aliphatic heterocycles. The van der Waals surface area contributed by atoms with Gasteiger partial charge >= 0.3 is 17.1 Å². The van der Waals surface area contributed by atoms with E-state index in [4.69, 9.17) is 0 Å². The molecule has 0 fully saturated rings. The van der Waals surface area contributed by atoms with Gasteiger partial charge in [-0.2, -0.15) is 0 Å². The molecule has 0 aliphatic rings. The topological polar surface area (TPSA) is 63.2 Å². The molecule has 140 valence electrons. The Balaban J connectivity index is 0. The van der Waals surface area contributed by atoms with E-state index in [1.165, 1.54) is 83.5 Å². The van der Waals surface area contributed by atoms with Crippen LogP contribution in [0.3, 0.4) is 0 Å². The molecule has 0 heterocycles. The first-order valence-corrected chi connectivity index (χ1v) is 11.3. The zero-order valence-electron chi connectivity index (χ0n) is 15.0. The maximum absolute atomic E-state index is 10.5. The molecule has 3 nitrogen and oxygen atoms in total. The molecule has 0 saturated heterocycles. The average Bonchev–Trinajstić information content (AvgIpc) is 2.45. The maximum atomic E-state index is 10.5. The third kappa shape index (κ3) is 25.0. The van der Waals surface area contributed by atoms with E-state index in [2.05, 4.69) is 6.92 Å². The SMILES string of the molecule is CCCCCCCCCCCCCCCCCCP(=O)([O-])[O-].[Fe+2]. The van der Waals surface area contributed by atoms with Gasteiger partial charge in [-0.3, -0.25) is 0 Å². The molecule has 5 heteroatoms. The van der Waals surface area contributed by atoms with Crippen LogP contribution in [0, 0.1) is 0 Å². The van der Waals surface area contributed by atoms with Crippen molar-refractivity contribution in [2.75, 3.05) is 6.16 Å². The van der Waals surface area contributed by atoms with Crippen molar-refractivity contribution in [1.82, 2.24) is 0 Å². The molecule has 0 aromatic rings. The van der Waals surface area contributed by atoms with E-state index in [-0.39, 0.29) is 23.2 Å². The molecular formula is C18H37FeO3P. The summed E-state index contributed by atoms with van der Waals surface area (Å²) >= 11 is 0. The van der Waals surface area contributed by atoms with Gasteiger partial charge in [0.25, 0.3) is 0 Å². The first kappa shape index (κ1) is 25.9. The molecule has 23 heavy (non-hydrogen) atoms. The van der Waals surface area contributed by atoms with Crippen LogP contribution >= 0.6 is 7.60 Å². The van der Waals surface area contributed by atoms with E-state index in [9.17, 15) is 14.4 Å². The molecule has 0 unspecified atom stereocenters. The molecular weight excluding hydrogens is 351 g/mol. The van der Waals surface area contributed by atoms with Gasteiger partial charge in [0.15, 0.2) is 0 Å². The number of rotatable bonds is 17. The minimum absolute atomic E-state index is 0. The van der Waals surface area contributed by atoms with Gasteiger partial charge < -0.3 is 14.4 Å². The summed E-state index contributed by atoms with van der Waals surface area (Å²) in [5, 5.41) is 0. The third-order valence-electron chi connectivity index (χ3n) is 4.29. The fourth-order valence-corrected chi connectivity index (χ4v) is 3.46. The number of unbranched alkanes of at least 4 members (excludes halogenated alkanes) is 15. The quantitative estimate of drug-likeness (QED) is 0.196. The Bertz CT molecular complexity index is 269. The van der Waals surface area contributed by atoms with Crippen LogP contribution in [0.4, 0.5) is 0 Å². The fourth-order valence-electron chi connectivity index (χ4n) is 2.85. The largest absolute Gasteiger partial charge is 2.00 e. The van der Waals surface area contributed by atoms with Crippen molar-refractivity contribution in [3.63, 3.8) is 0 Å². The molecule has 0 saturated carbocycles. The van der Waals surface area contributed by atoms with E-state index in [0.717, 1.165) is 12.8 Å². The van der Waals surface area contributed by atoms with Gasteiger partial charge in [-0.25, -0.2) is 0 Å². The van der Waals surface area contributed by atoms with Crippen LogP contribution in [0.2, 0.25) is 0 Å². The average molecular weight is 388 g/mol. The van der Waals surface area contributed by atoms with Crippen molar-refractivity contribution in [3.05, 3.63) is 0 Å². The van der Waals surface area contributed by atoms with Crippen molar-refractivity contribution in [3.8, 4) is 0 Å². The van der Waals surface area contributed by atoms with Gasteiger partial charge in [-0.15, -0.1) is 0 Å². The van der Waals surface area contributed by atoms with Crippen molar-refractivity contribution >= 4 is 7.60 Å². The van der Waals surface area contributed by atoms with Gasteiger partial charge in [0.2, 0.25) is 0 Å². The van der Waals surface area contributed by atoms with Crippen LogP contribution in [0.1, 0.15) is 110 Å². The summed E-state index contributed by atoms with van der Waals surface area (Å²) in [5.41, 5.74) is 0. The molecule has 0 bridgehead atoms. The molecule has 0 aliphatic carbocycles. The van der Waals surface area contributed by atoms with Crippen molar-refractivity contribution in [2.45, 2.75) is 110 Å². The molecule has 0 aromatic carbocycles. The van der Waals surface area contributed by atoms with Gasteiger partial charge in [-0.1, -0.05) is 111 Å². The zero-order valence-corrected chi connectivity index (χ0v) is 17.0. The summed E-state index contributed by atoms with van der Waals surface area (Å²) < 4.78 is 10.5. The first-order valence-electron chi connectivity index (χ1n) is 9.57. The Hall–Kier alpha value is 0.669. The van der Waals surface area contributed by atoms with Gasteiger partial charge in [-0.05, 0) is 12.6 Å². The van der Waals surface area contributed by atoms with E-state index >= 15 is 0 Å². The van der Waals surface area contributed by atoms with Gasteiger partial charge in [0.05, 0.1) is 0 Å². The van der Waals surface area contributed by atoms with Crippen LogP contribution in [-0.2, 0) is 21.6 Å². The molecule has 0 radical (unpaired) electrons. The summed E-state index contributed by atoms with van der Waals surface area (Å²) in [5.74, 6) is 0. The van der Waals surface area contributed by atoms with E-state index in [1.54, 1.807) is 0 Å². The second-order valence-corrected chi connectivity index (χ2v) is 8.31. The van der Waals surface area contributed by atoms with Crippen LogP contribution in [0.15, 0.2) is 0 Å². The minimum atomic E-state index is -4.25. The first-order chi connectivity index (χ1) is 10.6. The van der Waals surface area contributed by atoms with Crippen LogP contribution in [0.5, 0.6) is 0 Å². The standard InChI is InChI=1S/C18H39O3P.Fe/c1-2-3-4-5-6-7-8-9-10-11-12-13-14-15-16-17-18-22(19,20)21;/h2-18H2,1H3,(H2,19,20,21);/q;+2/p-2. The summed E-state index contributed by atoms with van der Waals surface area (Å²) in [6.45, 7) is 2.26. The fraction of sp³-hybridized carbons (Fsp3) is 1.00. The Morgan fingerprint density at radius 2 is 0.826 bits per heavy atom. The summed E-state index contributed by atoms with van der Waals surface area (Å²) in [6.07, 6.45) is 19.9.